The van der Waals surface area contributed by atoms with Gasteiger partial charge in [-0.2, -0.15) is 0 Å². The third-order valence-corrected chi connectivity index (χ3v) is 11.0. The van der Waals surface area contributed by atoms with Gasteiger partial charge in [-0.15, -0.1) is 0 Å². The molecular formula is C28H44O3. The molecule has 11 atom stereocenters. The van der Waals surface area contributed by atoms with Crippen LogP contribution in [0.4, 0.5) is 0 Å². The van der Waals surface area contributed by atoms with Crippen molar-refractivity contribution < 1.29 is 14.9 Å². The summed E-state index contributed by atoms with van der Waals surface area (Å²) in [7, 11) is 0. The first kappa shape index (κ1) is 22.2. The highest BCUT2D eigenvalue weighted by Gasteiger charge is 2.78. The first-order valence-electron chi connectivity index (χ1n) is 13.0. The van der Waals surface area contributed by atoms with Crippen molar-refractivity contribution in [3.8, 4) is 0 Å². The molecule has 1 aliphatic heterocycles. The fourth-order valence-electron chi connectivity index (χ4n) is 8.65. The van der Waals surface area contributed by atoms with E-state index in [1.807, 2.05) is 0 Å². The second-order valence-electron chi connectivity index (χ2n) is 12.6. The van der Waals surface area contributed by atoms with Crippen molar-refractivity contribution >= 4 is 0 Å². The molecule has 0 bridgehead atoms. The Labute approximate surface area is 189 Å². The number of aliphatic hydroxyl groups excluding tert-OH is 2. The van der Waals surface area contributed by atoms with Crippen molar-refractivity contribution in [3.63, 3.8) is 0 Å². The van der Waals surface area contributed by atoms with Crippen molar-refractivity contribution in [3.05, 3.63) is 23.8 Å². The van der Waals surface area contributed by atoms with Gasteiger partial charge < -0.3 is 14.9 Å². The second-order valence-corrected chi connectivity index (χ2v) is 12.6. The van der Waals surface area contributed by atoms with Crippen molar-refractivity contribution in [2.45, 2.75) is 104 Å². The molecule has 174 valence electrons. The number of allylic oxidation sites excluding steroid dienone is 3. The molecule has 31 heavy (non-hydrogen) atoms. The summed E-state index contributed by atoms with van der Waals surface area (Å²) >= 11 is 0. The van der Waals surface area contributed by atoms with Gasteiger partial charge in [-0.1, -0.05) is 65.3 Å². The number of fused-ring (bicyclic) bond motifs is 4. The van der Waals surface area contributed by atoms with Crippen LogP contribution >= 0.6 is 0 Å². The minimum Gasteiger partial charge on any atom is -0.390 e. The standard InChI is InChI=1S/C28H44O3/c1-16(2)17(3)7-8-18(4)20-9-10-21-19-15-24(30)28-25(31-28)23(29)12-14-27(28,6)22(19)11-13-26(20,21)5/h7-8,15-18,20-25,29-30H,9-14H2,1-6H3/b8-7+/t17-,18+,20?,21-,22-,23-,24-,25-,26+,27+,28-/m0/s1. The van der Waals surface area contributed by atoms with E-state index in [1.165, 1.54) is 31.3 Å². The predicted molar refractivity (Wildman–Crippen MR) is 124 cm³/mol. The third kappa shape index (κ3) is 2.88. The molecular weight excluding hydrogens is 384 g/mol. The van der Waals surface area contributed by atoms with Crippen LogP contribution in [-0.4, -0.2) is 34.1 Å². The molecule has 1 heterocycles. The molecule has 3 saturated carbocycles. The van der Waals surface area contributed by atoms with Crippen LogP contribution in [0.2, 0.25) is 0 Å². The maximum absolute atomic E-state index is 11.3. The van der Waals surface area contributed by atoms with E-state index < -0.39 is 17.8 Å². The van der Waals surface area contributed by atoms with Gasteiger partial charge in [0.25, 0.3) is 0 Å². The summed E-state index contributed by atoms with van der Waals surface area (Å²) in [6.45, 7) is 14.3. The average Bonchev–Trinajstić information content (AvgIpc) is 3.40. The third-order valence-electron chi connectivity index (χ3n) is 11.0. The second kappa shape index (κ2) is 7.18. The average molecular weight is 429 g/mol. The fraction of sp³-hybridized carbons (Fsp3) is 0.857. The Bertz CT molecular complexity index is 785. The van der Waals surface area contributed by atoms with Gasteiger partial charge in [0.1, 0.15) is 17.8 Å². The lowest BCUT2D eigenvalue weighted by Gasteiger charge is -2.57. The van der Waals surface area contributed by atoms with Gasteiger partial charge in [0.15, 0.2) is 0 Å². The van der Waals surface area contributed by atoms with Crippen LogP contribution in [0.15, 0.2) is 23.8 Å². The van der Waals surface area contributed by atoms with E-state index in [0.29, 0.717) is 40.9 Å². The highest BCUT2D eigenvalue weighted by Crippen LogP contribution is 2.72. The van der Waals surface area contributed by atoms with Crippen LogP contribution in [-0.2, 0) is 4.74 Å². The SMILES string of the molecule is CC(C)[C@@H](C)/C=C/[C@@H](C)C1CC[C@H]2C3=C[C@H](O)[C@]45O[C@H]4[C@@H](O)CC[C@]5(C)[C@H]3CC[C@]12C. The molecule has 1 spiro atoms. The smallest absolute Gasteiger partial charge is 0.133 e. The molecule has 3 nitrogen and oxygen atoms in total. The molecule has 0 amide bonds. The molecule has 5 rings (SSSR count). The maximum Gasteiger partial charge on any atom is 0.133 e. The summed E-state index contributed by atoms with van der Waals surface area (Å²) in [5, 5.41) is 21.7. The van der Waals surface area contributed by atoms with Gasteiger partial charge in [0, 0.05) is 5.41 Å². The van der Waals surface area contributed by atoms with Crippen LogP contribution in [0.1, 0.15) is 80.1 Å². The summed E-state index contributed by atoms with van der Waals surface area (Å²) < 4.78 is 6.16. The lowest BCUT2D eigenvalue weighted by Crippen LogP contribution is -2.60. The fourth-order valence-corrected chi connectivity index (χ4v) is 8.65. The minimum absolute atomic E-state index is 0.0436. The van der Waals surface area contributed by atoms with Crippen LogP contribution in [0.3, 0.4) is 0 Å². The Kier molecular flexibility index (Phi) is 5.13. The summed E-state index contributed by atoms with van der Waals surface area (Å²) in [4.78, 5) is 0. The van der Waals surface area contributed by atoms with Gasteiger partial charge in [0.2, 0.25) is 0 Å². The number of hydrogen-bond acceptors (Lipinski definition) is 3. The molecule has 1 saturated heterocycles. The van der Waals surface area contributed by atoms with Gasteiger partial charge in [0.05, 0.1) is 6.10 Å². The number of rotatable bonds is 4. The Morgan fingerprint density at radius 2 is 1.71 bits per heavy atom. The number of epoxide rings is 1. The van der Waals surface area contributed by atoms with Gasteiger partial charge in [-0.3, -0.25) is 0 Å². The quantitative estimate of drug-likeness (QED) is 0.458. The molecule has 0 aromatic heterocycles. The van der Waals surface area contributed by atoms with Crippen molar-refractivity contribution in [1.82, 2.24) is 0 Å². The largest absolute Gasteiger partial charge is 0.390 e. The van der Waals surface area contributed by atoms with Crippen LogP contribution in [0.25, 0.3) is 0 Å². The molecule has 4 aliphatic carbocycles. The summed E-state index contributed by atoms with van der Waals surface area (Å²) in [5.41, 5.74) is 1.28. The van der Waals surface area contributed by atoms with Gasteiger partial charge in [-0.05, 0) is 79.4 Å². The van der Waals surface area contributed by atoms with Gasteiger partial charge in [-0.25, -0.2) is 0 Å². The number of hydrogen-bond donors (Lipinski definition) is 2. The van der Waals surface area contributed by atoms with E-state index in [0.717, 1.165) is 12.8 Å². The van der Waals surface area contributed by atoms with Crippen molar-refractivity contribution in [1.29, 1.82) is 0 Å². The van der Waals surface area contributed by atoms with E-state index in [-0.39, 0.29) is 11.5 Å². The maximum atomic E-state index is 11.3. The Hall–Kier alpha value is -0.640. The van der Waals surface area contributed by atoms with E-state index in [4.69, 9.17) is 4.74 Å². The molecule has 0 radical (unpaired) electrons. The Balaban J connectivity index is 1.42. The van der Waals surface area contributed by atoms with Crippen LogP contribution < -0.4 is 0 Å². The lowest BCUT2D eigenvalue weighted by atomic mass is 9.47. The normalized spacial score (nSPS) is 52.7. The molecule has 0 aromatic carbocycles. The highest BCUT2D eigenvalue weighted by atomic mass is 16.6. The molecule has 2 N–H and O–H groups in total. The van der Waals surface area contributed by atoms with E-state index in [1.54, 1.807) is 0 Å². The zero-order valence-electron chi connectivity index (χ0n) is 20.5. The summed E-state index contributed by atoms with van der Waals surface area (Å²) in [6, 6.07) is 0. The predicted octanol–water partition coefficient (Wildman–Crippen LogP) is 5.51. The van der Waals surface area contributed by atoms with Crippen molar-refractivity contribution in [2.75, 3.05) is 0 Å². The molecule has 0 aromatic rings. The first-order valence-corrected chi connectivity index (χ1v) is 13.0. The summed E-state index contributed by atoms with van der Waals surface area (Å²) in [6.07, 6.45) is 12.8. The number of ether oxygens (including phenoxy) is 1. The van der Waals surface area contributed by atoms with Gasteiger partial charge >= 0.3 is 0 Å². The van der Waals surface area contributed by atoms with Crippen LogP contribution in [0.5, 0.6) is 0 Å². The first-order chi connectivity index (χ1) is 14.6. The molecule has 4 fully saturated rings. The van der Waals surface area contributed by atoms with E-state index >= 15 is 0 Å². The summed E-state index contributed by atoms with van der Waals surface area (Å²) in [5.74, 6) is 3.72. The number of aliphatic hydroxyl groups is 2. The lowest BCUT2D eigenvalue weighted by molar-refractivity contribution is -0.0665. The topological polar surface area (TPSA) is 53.0 Å². The Morgan fingerprint density at radius 1 is 0.968 bits per heavy atom. The monoisotopic (exact) mass is 428 g/mol. The van der Waals surface area contributed by atoms with E-state index in [9.17, 15) is 10.2 Å². The molecule has 3 heteroatoms. The van der Waals surface area contributed by atoms with E-state index in [2.05, 4.69) is 59.8 Å². The van der Waals surface area contributed by atoms with Crippen LogP contribution in [0, 0.1) is 46.3 Å². The minimum atomic E-state index is -0.575. The highest BCUT2D eigenvalue weighted by molar-refractivity contribution is 5.38. The molecule has 1 unspecified atom stereocenters. The zero-order chi connectivity index (χ0) is 22.3. The zero-order valence-corrected chi connectivity index (χ0v) is 20.5. The van der Waals surface area contributed by atoms with Crippen molar-refractivity contribution in [2.24, 2.45) is 46.3 Å². The molecule has 5 aliphatic rings. The Morgan fingerprint density at radius 3 is 2.42 bits per heavy atom.